The SMILES string of the molecule is N=Cc1c(NC2CCCCC2)nc(C2CN(C(=O)Nc3ccc(N)cc3)C2)[nH]c1=O. The predicted octanol–water partition coefficient (Wildman–Crippen LogP) is 2.73. The molecule has 0 spiro atoms. The monoisotopic (exact) mass is 409 g/mol. The lowest BCUT2D eigenvalue weighted by Gasteiger charge is -2.38. The van der Waals surface area contributed by atoms with Crippen molar-refractivity contribution in [3.8, 4) is 0 Å². The van der Waals surface area contributed by atoms with Crippen molar-refractivity contribution < 1.29 is 4.79 Å². The van der Waals surface area contributed by atoms with Gasteiger partial charge >= 0.3 is 6.03 Å². The Morgan fingerprint density at radius 1 is 1.20 bits per heavy atom. The third-order valence-corrected chi connectivity index (χ3v) is 5.78. The van der Waals surface area contributed by atoms with E-state index in [2.05, 4.69) is 20.6 Å². The molecule has 2 fully saturated rings. The first-order valence-electron chi connectivity index (χ1n) is 10.4. The number of H-pyrrole nitrogens is 1. The van der Waals surface area contributed by atoms with E-state index >= 15 is 0 Å². The van der Waals surface area contributed by atoms with E-state index in [0.29, 0.717) is 36.1 Å². The van der Waals surface area contributed by atoms with Gasteiger partial charge in [0.1, 0.15) is 11.6 Å². The van der Waals surface area contributed by atoms with Crippen LogP contribution in [0.5, 0.6) is 0 Å². The van der Waals surface area contributed by atoms with E-state index in [1.165, 1.54) is 6.42 Å². The maximum atomic E-state index is 12.5. The molecule has 0 bridgehead atoms. The number of nitrogens with one attached hydrogen (secondary N) is 4. The number of anilines is 3. The van der Waals surface area contributed by atoms with E-state index in [1.807, 2.05) is 0 Å². The lowest BCUT2D eigenvalue weighted by molar-refractivity contribution is 0.160. The maximum absolute atomic E-state index is 12.5. The van der Waals surface area contributed by atoms with Crippen molar-refractivity contribution in [2.75, 3.05) is 29.5 Å². The molecule has 2 heterocycles. The van der Waals surface area contributed by atoms with Crippen LogP contribution in [-0.4, -0.2) is 46.2 Å². The number of urea groups is 1. The van der Waals surface area contributed by atoms with Gasteiger partial charge in [-0.05, 0) is 37.1 Å². The van der Waals surface area contributed by atoms with E-state index in [1.54, 1.807) is 29.2 Å². The molecular weight excluding hydrogens is 382 g/mol. The highest BCUT2D eigenvalue weighted by Crippen LogP contribution is 2.27. The predicted molar refractivity (Wildman–Crippen MR) is 117 cm³/mol. The fourth-order valence-electron chi connectivity index (χ4n) is 3.96. The van der Waals surface area contributed by atoms with Gasteiger partial charge in [-0.3, -0.25) is 4.79 Å². The van der Waals surface area contributed by atoms with Gasteiger partial charge in [-0.25, -0.2) is 9.78 Å². The molecule has 2 aliphatic rings. The first kappa shape index (κ1) is 19.9. The quantitative estimate of drug-likeness (QED) is 0.381. The fourth-order valence-corrected chi connectivity index (χ4v) is 3.96. The molecule has 1 aliphatic heterocycles. The average Bonchev–Trinajstić information content (AvgIpc) is 2.69. The number of aromatic nitrogens is 2. The van der Waals surface area contributed by atoms with Gasteiger partial charge in [-0.1, -0.05) is 19.3 Å². The van der Waals surface area contributed by atoms with Crippen LogP contribution in [0.15, 0.2) is 29.1 Å². The molecule has 30 heavy (non-hydrogen) atoms. The second kappa shape index (κ2) is 8.56. The molecule has 0 atom stereocenters. The van der Waals surface area contributed by atoms with Crippen LogP contribution in [0, 0.1) is 5.41 Å². The summed E-state index contributed by atoms with van der Waals surface area (Å²) in [4.78, 5) is 34.0. The van der Waals surface area contributed by atoms with E-state index in [4.69, 9.17) is 11.1 Å². The second-order valence-electron chi connectivity index (χ2n) is 7.99. The summed E-state index contributed by atoms with van der Waals surface area (Å²) in [6, 6.07) is 7.05. The summed E-state index contributed by atoms with van der Waals surface area (Å²) >= 11 is 0. The Balaban J connectivity index is 1.42. The molecule has 0 radical (unpaired) electrons. The first-order valence-corrected chi connectivity index (χ1v) is 10.4. The fraction of sp³-hybridized carbons (Fsp3) is 0.429. The van der Waals surface area contributed by atoms with E-state index in [0.717, 1.165) is 31.9 Å². The van der Waals surface area contributed by atoms with Gasteiger partial charge in [0.15, 0.2) is 0 Å². The van der Waals surface area contributed by atoms with Crippen LogP contribution < -0.4 is 21.9 Å². The zero-order valence-electron chi connectivity index (χ0n) is 16.8. The Morgan fingerprint density at radius 2 is 1.90 bits per heavy atom. The Hall–Kier alpha value is -3.36. The van der Waals surface area contributed by atoms with E-state index < -0.39 is 0 Å². The number of carbonyl (C=O) groups is 1. The number of amides is 2. The molecule has 1 aliphatic carbocycles. The van der Waals surface area contributed by atoms with E-state index in [-0.39, 0.29) is 29.1 Å². The van der Waals surface area contributed by atoms with Crippen molar-refractivity contribution in [3.05, 3.63) is 46.0 Å². The number of likely N-dealkylation sites (tertiary alicyclic amines) is 1. The summed E-state index contributed by atoms with van der Waals surface area (Å²) in [5.41, 5.74) is 6.91. The van der Waals surface area contributed by atoms with Crippen LogP contribution in [0.2, 0.25) is 0 Å². The molecule has 0 unspecified atom stereocenters. The number of benzene rings is 1. The Bertz CT molecular complexity index is 974. The van der Waals surface area contributed by atoms with Gasteiger partial charge in [0.05, 0.1) is 11.5 Å². The van der Waals surface area contributed by atoms with Crippen molar-refractivity contribution in [3.63, 3.8) is 0 Å². The molecule has 9 nitrogen and oxygen atoms in total. The van der Waals surface area contributed by atoms with Crippen LogP contribution >= 0.6 is 0 Å². The largest absolute Gasteiger partial charge is 0.399 e. The summed E-state index contributed by atoms with van der Waals surface area (Å²) in [7, 11) is 0. The zero-order valence-corrected chi connectivity index (χ0v) is 16.8. The summed E-state index contributed by atoms with van der Waals surface area (Å²) < 4.78 is 0. The number of hydrogen-bond donors (Lipinski definition) is 5. The normalized spacial score (nSPS) is 17.3. The smallest absolute Gasteiger partial charge is 0.321 e. The van der Waals surface area contributed by atoms with Crippen molar-refractivity contribution in [1.82, 2.24) is 14.9 Å². The number of aromatic amines is 1. The molecule has 9 heteroatoms. The summed E-state index contributed by atoms with van der Waals surface area (Å²) in [5, 5.41) is 13.8. The minimum Gasteiger partial charge on any atom is -0.399 e. The highest BCUT2D eigenvalue weighted by Gasteiger charge is 2.34. The molecule has 1 aromatic carbocycles. The van der Waals surface area contributed by atoms with Crippen molar-refractivity contribution >= 4 is 29.4 Å². The summed E-state index contributed by atoms with van der Waals surface area (Å²) in [5.74, 6) is 0.988. The molecule has 1 saturated carbocycles. The minimum absolute atomic E-state index is 0.0402. The van der Waals surface area contributed by atoms with Crippen LogP contribution in [0.3, 0.4) is 0 Å². The van der Waals surface area contributed by atoms with Crippen molar-refractivity contribution in [2.45, 2.75) is 44.1 Å². The van der Waals surface area contributed by atoms with Crippen LogP contribution in [0.25, 0.3) is 0 Å². The van der Waals surface area contributed by atoms with Gasteiger partial charge in [0.2, 0.25) is 0 Å². The highest BCUT2D eigenvalue weighted by atomic mass is 16.2. The van der Waals surface area contributed by atoms with Crippen LogP contribution in [-0.2, 0) is 0 Å². The number of carbonyl (C=O) groups excluding carboxylic acids is 1. The Kier molecular flexibility index (Phi) is 5.69. The van der Waals surface area contributed by atoms with Crippen molar-refractivity contribution in [1.29, 1.82) is 5.41 Å². The molecule has 158 valence electrons. The molecule has 4 rings (SSSR count). The highest BCUT2D eigenvalue weighted by molar-refractivity contribution is 5.90. The molecule has 1 aromatic heterocycles. The van der Waals surface area contributed by atoms with Crippen molar-refractivity contribution in [2.24, 2.45) is 0 Å². The molecular formula is C21H27N7O2. The maximum Gasteiger partial charge on any atom is 0.321 e. The third kappa shape index (κ3) is 4.29. The third-order valence-electron chi connectivity index (χ3n) is 5.78. The summed E-state index contributed by atoms with van der Waals surface area (Å²) in [6.45, 7) is 0.938. The standard InChI is InChI=1S/C21H27N7O2/c22-10-17-19(24-15-4-2-1-3-5-15)26-18(27-20(17)29)13-11-28(12-13)21(30)25-16-8-6-14(23)7-9-16/h6-10,13,15,22H,1-5,11-12,23H2,(H,25,30)(H2,24,26,27,29). The lowest BCUT2D eigenvalue weighted by Crippen LogP contribution is -2.51. The number of nitrogens with two attached hydrogens (primary N) is 1. The molecule has 1 saturated heterocycles. The number of rotatable bonds is 5. The average molecular weight is 409 g/mol. The molecule has 6 N–H and O–H groups in total. The Labute approximate surface area is 174 Å². The van der Waals surface area contributed by atoms with Gasteiger partial charge in [-0.2, -0.15) is 0 Å². The topological polar surface area (TPSA) is 140 Å². The zero-order chi connectivity index (χ0) is 21.1. The summed E-state index contributed by atoms with van der Waals surface area (Å²) in [6.07, 6.45) is 6.70. The lowest BCUT2D eigenvalue weighted by atomic mass is 9.95. The van der Waals surface area contributed by atoms with Gasteiger partial charge in [0, 0.05) is 36.7 Å². The number of nitrogens with zero attached hydrogens (tertiary/aromatic N) is 2. The molecule has 2 aromatic rings. The van der Waals surface area contributed by atoms with E-state index in [9.17, 15) is 9.59 Å². The minimum atomic E-state index is -0.321. The second-order valence-corrected chi connectivity index (χ2v) is 7.99. The van der Waals surface area contributed by atoms with Gasteiger partial charge in [-0.15, -0.1) is 0 Å². The molecule has 2 amide bonds. The van der Waals surface area contributed by atoms with Gasteiger partial charge < -0.3 is 31.7 Å². The number of nitrogen functional groups attached to an aromatic ring is 1. The van der Waals surface area contributed by atoms with Crippen LogP contribution in [0.1, 0.15) is 49.4 Å². The van der Waals surface area contributed by atoms with Crippen LogP contribution in [0.4, 0.5) is 22.0 Å². The Morgan fingerprint density at radius 3 is 2.57 bits per heavy atom. The first-order chi connectivity index (χ1) is 14.5. The van der Waals surface area contributed by atoms with Gasteiger partial charge in [0.25, 0.3) is 5.56 Å². The number of hydrogen-bond acceptors (Lipinski definition) is 6.